The Balaban J connectivity index is 0.000000156. The summed E-state index contributed by atoms with van der Waals surface area (Å²) in [5.74, 6) is 1.16. The van der Waals surface area contributed by atoms with Crippen LogP contribution in [0.15, 0.2) is 72.8 Å². The lowest BCUT2D eigenvalue weighted by Crippen LogP contribution is -2.47. The maximum atomic E-state index is 14.0. The van der Waals surface area contributed by atoms with Crippen molar-refractivity contribution in [3.63, 3.8) is 0 Å². The average molecular weight is 504 g/mol. The fourth-order valence-electron chi connectivity index (χ4n) is 5.75. The third-order valence-corrected chi connectivity index (χ3v) is 7.90. The number of fused-ring (bicyclic) bond motifs is 1. The maximum absolute atomic E-state index is 14.0. The number of piperidine rings is 1. The number of hydrogen-bond donors (Lipinski definition) is 1. The second-order valence-corrected chi connectivity index (χ2v) is 10.4. The molecule has 1 heterocycles. The second kappa shape index (κ2) is 12.8. The van der Waals surface area contributed by atoms with Crippen molar-refractivity contribution in [1.29, 1.82) is 0 Å². The SMILES string of the molecule is COc1ccc(F)c(N2CCC3(CC2)CC(C=O)C3)c1.Oc1ccc2c(c1)CCCC2.c1ccccc1. The van der Waals surface area contributed by atoms with Crippen LogP contribution in [0.4, 0.5) is 10.1 Å². The van der Waals surface area contributed by atoms with E-state index < -0.39 is 0 Å². The van der Waals surface area contributed by atoms with E-state index in [1.54, 1.807) is 25.3 Å². The molecule has 0 amide bonds. The van der Waals surface area contributed by atoms with Gasteiger partial charge < -0.3 is 19.5 Å². The first kappa shape index (κ1) is 26.7. The summed E-state index contributed by atoms with van der Waals surface area (Å²) in [7, 11) is 1.59. The summed E-state index contributed by atoms with van der Waals surface area (Å²) >= 11 is 0. The fraction of sp³-hybridized carbons (Fsp3) is 0.406. The first-order valence-electron chi connectivity index (χ1n) is 13.4. The number of methoxy groups -OCH3 is 1. The number of aldehydes is 1. The molecule has 3 aliphatic rings. The number of halogens is 1. The minimum absolute atomic E-state index is 0.193. The number of carbonyl (C=O) groups is 1. The number of rotatable bonds is 3. The zero-order valence-electron chi connectivity index (χ0n) is 21.7. The molecule has 1 aliphatic heterocycles. The Morgan fingerprint density at radius 1 is 0.919 bits per heavy atom. The molecule has 0 unspecified atom stereocenters. The summed E-state index contributed by atoms with van der Waals surface area (Å²) in [6, 6.07) is 22.6. The van der Waals surface area contributed by atoms with Crippen molar-refractivity contribution in [3.8, 4) is 11.5 Å². The van der Waals surface area contributed by atoms with Gasteiger partial charge in [0.05, 0.1) is 12.8 Å². The molecule has 6 rings (SSSR count). The Hall–Kier alpha value is -3.34. The molecule has 1 N–H and O–H groups in total. The highest BCUT2D eigenvalue weighted by Gasteiger charge is 2.45. The molecule has 0 bridgehead atoms. The molecule has 1 saturated heterocycles. The number of carbonyl (C=O) groups excluding carboxylic acids is 1. The van der Waals surface area contributed by atoms with Gasteiger partial charge >= 0.3 is 0 Å². The monoisotopic (exact) mass is 503 g/mol. The first-order chi connectivity index (χ1) is 18.0. The Morgan fingerprint density at radius 3 is 2.14 bits per heavy atom. The van der Waals surface area contributed by atoms with Crippen LogP contribution in [-0.4, -0.2) is 31.6 Å². The highest BCUT2D eigenvalue weighted by atomic mass is 19.1. The van der Waals surface area contributed by atoms with Crippen LogP contribution in [0.5, 0.6) is 11.5 Å². The number of phenolic OH excluding ortho intramolecular Hbond substituents is 1. The first-order valence-corrected chi connectivity index (χ1v) is 13.4. The molecule has 4 nitrogen and oxygen atoms in total. The molecule has 3 aromatic carbocycles. The predicted molar refractivity (Wildman–Crippen MR) is 147 cm³/mol. The number of nitrogens with zero attached hydrogens (tertiary/aromatic N) is 1. The number of ether oxygens (including phenoxy) is 1. The lowest BCUT2D eigenvalue weighted by Gasteiger charge is -2.51. The Labute approximate surface area is 220 Å². The fourth-order valence-corrected chi connectivity index (χ4v) is 5.75. The topological polar surface area (TPSA) is 49.8 Å². The molecule has 5 heteroatoms. The summed E-state index contributed by atoms with van der Waals surface area (Å²) in [6.07, 6.45) is 10.1. The summed E-state index contributed by atoms with van der Waals surface area (Å²) < 4.78 is 19.1. The predicted octanol–water partition coefficient (Wildman–Crippen LogP) is 6.99. The second-order valence-electron chi connectivity index (χ2n) is 10.4. The Bertz CT molecular complexity index is 1110. The van der Waals surface area contributed by atoms with Gasteiger partial charge in [-0.1, -0.05) is 42.5 Å². The molecule has 1 spiro atoms. The number of aromatic hydroxyl groups is 1. The minimum atomic E-state index is -0.193. The number of anilines is 1. The molecule has 0 atom stereocenters. The van der Waals surface area contributed by atoms with Crippen LogP contribution in [0.25, 0.3) is 0 Å². The normalized spacial score (nSPS) is 17.7. The van der Waals surface area contributed by atoms with E-state index >= 15 is 0 Å². The van der Waals surface area contributed by atoms with Crippen LogP contribution in [0, 0.1) is 17.2 Å². The number of benzene rings is 3. The van der Waals surface area contributed by atoms with E-state index in [2.05, 4.69) is 4.90 Å². The van der Waals surface area contributed by atoms with E-state index in [1.165, 1.54) is 36.5 Å². The summed E-state index contributed by atoms with van der Waals surface area (Å²) in [5, 5.41) is 9.19. The Morgan fingerprint density at radius 2 is 1.54 bits per heavy atom. The van der Waals surface area contributed by atoms with Gasteiger partial charge in [0.25, 0.3) is 0 Å². The van der Waals surface area contributed by atoms with Gasteiger partial charge in [-0.05, 0) is 92.2 Å². The van der Waals surface area contributed by atoms with E-state index in [4.69, 9.17) is 4.74 Å². The highest BCUT2D eigenvalue weighted by Crippen LogP contribution is 2.52. The van der Waals surface area contributed by atoms with Gasteiger partial charge in [-0.3, -0.25) is 0 Å². The molecule has 3 aromatic rings. The van der Waals surface area contributed by atoms with Crippen molar-refractivity contribution in [2.45, 2.75) is 51.4 Å². The molecule has 0 aromatic heterocycles. The zero-order valence-corrected chi connectivity index (χ0v) is 21.7. The van der Waals surface area contributed by atoms with Crippen molar-refractivity contribution in [2.75, 3.05) is 25.1 Å². The van der Waals surface area contributed by atoms with Gasteiger partial charge in [-0.25, -0.2) is 4.39 Å². The van der Waals surface area contributed by atoms with E-state index in [0.717, 1.165) is 51.5 Å². The number of aryl methyl sites for hydroxylation is 2. The minimum Gasteiger partial charge on any atom is -0.508 e. The van der Waals surface area contributed by atoms with Crippen LogP contribution in [0.2, 0.25) is 0 Å². The lowest BCUT2D eigenvalue weighted by molar-refractivity contribution is -0.118. The maximum Gasteiger partial charge on any atom is 0.146 e. The van der Waals surface area contributed by atoms with Gasteiger partial charge in [0.1, 0.15) is 23.6 Å². The third kappa shape index (κ3) is 7.12. The van der Waals surface area contributed by atoms with Crippen LogP contribution in [0.3, 0.4) is 0 Å². The summed E-state index contributed by atoms with van der Waals surface area (Å²) in [4.78, 5) is 12.8. The summed E-state index contributed by atoms with van der Waals surface area (Å²) in [6.45, 7) is 1.71. The molecule has 2 fully saturated rings. The van der Waals surface area contributed by atoms with Crippen LogP contribution in [0.1, 0.15) is 49.7 Å². The van der Waals surface area contributed by atoms with Crippen LogP contribution >= 0.6 is 0 Å². The molecular formula is C32H38FNO3. The van der Waals surface area contributed by atoms with Crippen molar-refractivity contribution < 1.29 is 19.0 Å². The molecule has 0 radical (unpaired) electrons. The Kier molecular flexibility index (Phi) is 9.21. The average Bonchev–Trinajstić information content (AvgIpc) is 2.94. The van der Waals surface area contributed by atoms with Gasteiger partial charge in [-0.15, -0.1) is 0 Å². The lowest BCUT2D eigenvalue weighted by atomic mass is 9.58. The van der Waals surface area contributed by atoms with Gasteiger partial charge in [0.2, 0.25) is 0 Å². The molecule has 2 aliphatic carbocycles. The van der Waals surface area contributed by atoms with Crippen molar-refractivity contribution >= 4 is 12.0 Å². The molecular weight excluding hydrogens is 465 g/mol. The van der Waals surface area contributed by atoms with Crippen molar-refractivity contribution in [2.24, 2.45) is 11.3 Å². The van der Waals surface area contributed by atoms with E-state index in [-0.39, 0.29) is 11.7 Å². The molecule has 196 valence electrons. The van der Waals surface area contributed by atoms with Crippen LogP contribution in [-0.2, 0) is 17.6 Å². The van der Waals surface area contributed by atoms with E-state index in [0.29, 0.717) is 22.6 Å². The van der Waals surface area contributed by atoms with E-state index in [1.807, 2.05) is 48.5 Å². The van der Waals surface area contributed by atoms with Gasteiger partial charge in [0, 0.05) is 25.1 Å². The van der Waals surface area contributed by atoms with Gasteiger partial charge in [0.15, 0.2) is 0 Å². The smallest absolute Gasteiger partial charge is 0.146 e. The third-order valence-electron chi connectivity index (χ3n) is 7.90. The quantitative estimate of drug-likeness (QED) is 0.392. The van der Waals surface area contributed by atoms with E-state index in [9.17, 15) is 14.3 Å². The van der Waals surface area contributed by atoms with Crippen LogP contribution < -0.4 is 9.64 Å². The standard InChI is InChI=1S/C16H20FNO2.C10H12O.C6H6/c1-20-13-2-3-14(17)15(8-13)18-6-4-16(5-7-18)9-12(10-16)11-19;11-10-6-5-8-3-1-2-4-9(8)7-10;1-2-4-6-5-3-1/h2-3,8,11-12H,4-7,9-10H2,1H3;5-7,11H,1-4H2;1-6H. The largest absolute Gasteiger partial charge is 0.508 e. The molecule has 1 saturated carbocycles. The number of hydrogen-bond acceptors (Lipinski definition) is 4. The van der Waals surface area contributed by atoms with Crippen molar-refractivity contribution in [1.82, 2.24) is 0 Å². The zero-order chi connectivity index (χ0) is 26.1. The van der Waals surface area contributed by atoms with Gasteiger partial charge in [-0.2, -0.15) is 0 Å². The highest BCUT2D eigenvalue weighted by molar-refractivity contribution is 5.56. The number of phenols is 1. The summed E-state index contributed by atoms with van der Waals surface area (Å²) in [5.41, 5.74) is 3.74. The van der Waals surface area contributed by atoms with Crippen molar-refractivity contribution in [3.05, 3.63) is 89.7 Å². The molecule has 37 heavy (non-hydrogen) atoms.